The van der Waals surface area contributed by atoms with E-state index in [1.165, 1.54) is 12.0 Å². The summed E-state index contributed by atoms with van der Waals surface area (Å²) < 4.78 is 0. The second-order valence-corrected chi connectivity index (χ2v) is 4.58. The monoisotopic (exact) mass is 217 g/mol. The molecule has 0 spiro atoms. The smallest absolute Gasteiger partial charge is 0.227 e. The predicted octanol–water partition coefficient (Wildman–Crippen LogP) is 3.30. The third kappa shape index (κ3) is 2.11. The molecule has 0 bridgehead atoms. The zero-order valence-electron chi connectivity index (χ0n) is 10.0. The van der Waals surface area contributed by atoms with E-state index >= 15 is 0 Å². The Morgan fingerprint density at radius 2 is 2.19 bits per heavy atom. The summed E-state index contributed by atoms with van der Waals surface area (Å²) in [5.41, 5.74) is 3.42. The molecule has 0 unspecified atom stereocenters. The third-order valence-electron chi connectivity index (χ3n) is 3.46. The van der Waals surface area contributed by atoms with E-state index in [4.69, 9.17) is 0 Å². The van der Waals surface area contributed by atoms with Gasteiger partial charge in [0.05, 0.1) is 0 Å². The number of anilines is 1. The molecule has 1 N–H and O–H groups in total. The highest BCUT2D eigenvalue weighted by atomic mass is 16.1. The van der Waals surface area contributed by atoms with Gasteiger partial charge in [0.1, 0.15) is 0 Å². The number of nitrogens with one attached hydrogen (secondary N) is 1. The molecule has 1 fully saturated rings. The number of hydrogen-bond donors (Lipinski definition) is 1. The molecule has 0 atom stereocenters. The molecule has 1 aliphatic rings. The van der Waals surface area contributed by atoms with Crippen LogP contribution in [0.1, 0.15) is 37.3 Å². The molecule has 2 rings (SSSR count). The number of aryl methyl sites for hydroxylation is 2. The molecule has 2 nitrogen and oxygen atoms in total. The quantitative estimate of drug-likeness (QED) is 0.827. The Labute approximate surface area is 97.1 Å². The van der Waals surface area contributed by atoms with Crippen LogP contribution in [0.5, 0.6) is 0 Å². The van der Waals surface area contributed by atoms with Gasteiger partial charge in [-0.25, -0.2) is 0 Å². The highest BCUT2D eigenvalue weighted by Crippen LogP contribution is 2.29. The van der Waals surface area contributed by atoms with Crippen LogP contribution in [-0.4, -0.2) is 5.91 Å². The average molecular weight is 217 g/mol. The highest BCUT2D eigenvalue weighted by molar-refractivity contribution is 5.94. The van der Waals surface area contributed by atoms with Crippen molar-refractivity contribution in [2.45, 2.75) is 39.5 Å². The van der Waals surface area contributed by atoms with Crippen LogP contribution in [0.3, 0.4) is 0 Å². The second kappa shape index (κ2) is 4.69. The summed E-state index contributed by atoms with van der Waals surface area (Å²) >= 11 is 0. The maximum atomic E-state index is 11.9. The predicted molar refractivity (Wildman–Crippen MR) is 66.5 cm³/mol. The highest BCUT2D eigenvalue weighted by Gasteiger charge is 2.25. The van der Waals surface area contributed by atoms with Gasteiger partial charge in [-0.3, -0.25) is 4.79 Å². The zero-order chi connectivity index (χ0) is 11.5. The Bertz CT molecular complexity index is 394. The molecule has 0 aliphatic heterocycles. The van der Waals surface area contributed by atoms with Crippen LogP contribution in [0, 0.1) is 12.8 Å². The fourth-order valence-electron chi connectivity index (χ4n) is 2.10. The Hall–Kier alpha value is -1.31. The molecule has 86 valence electrons. The van der Waals surface area contributed by atoms with Crippen LogP contribution >= 0.6 is 0 Å². The van der Waals surface area contributed by atoms with E-state index in [1.807, 2.05) is 6.07 Å². The van der Waals surface area contributed by atoms with Gasteiger partial charge in [0, 0.05) is 11.6 Å². The first-order chi connectivity index (χ1) is 7.72. The molecule has 0 saturated heterocycles. The minimum Gasteiger partial charge on any atom is -0.325 e. The fourth-order valence-corrected chi connectivity index (χ4v) is 2.10. The van der Waals surface area contributed by atoms with Crippen molar-refractivity contribution in [2.24, 2.45) is 5.92 Å². The van der Waals surface area contributed by atoms with E-state index in [2.05, 4.69) is 31.3 Å². The molecule has 1 aromatic rings. The summed E-state index contributed by atoms with van der Waals surface area (Å²) in [7, 11) is 0. The van der Waals surface area contributed by atoms with Crippen LogP contribution in [0.15, 0.2) is 18.2 Å². The van der Waals surface area contributed by atoms with Crippen molar-refractivity contribution < 1.29 is 4.79 Å². The van der Waals surface area contributed by atoms with Gasteiger partial charge in [-0.15, -0.1) is 0 Å². The van der Waals surface area contributed by atoms with Crippen molar-refractivity contribution in [3.05, 3.63) is 29.3 Å². The number of para-hydroxylation sites is 1. The lowest BCUT2D eigenvalue weighted by Gasteiger charge is -2.25. The lowest BCUT2D eigenvalue weighted by molar-refractivity contribution is -0.122. The van der Waals surface area contributed by atoms with Gasteiger partial charge in [0.15, 0.2) is 0 Å². The van der Waals surface area contributed by atoms with Crippen LogP contribution in [0.25, 0.3) is 0 Å². The largest absolute Gasteiger partial charge is 0.325 e. The number of hydrogen-bond acceptors (Lipinski definition) is 1. The maximum Gasteiger partial charge on any atom is 0.227 e. The van der Waals surface area contributed by atoms with Crippen LogP contribution < -0.4 is 5.32 Å². The van der Waals surface area contributed by atoms with Gasteiger partial charge in [-0.05, 0) is 37.3 Å². The Balaban J connectivity index is 2.15. The summed E-state index contributed by atoms with van der Waals surface area (Å²) in [6.45, 7) is 4.17. The summed E-state index contributed by atoms with van der Waals surface area (Å²) in [6.07, 6.45) is 4.27. The second-order valence-electron chi connectivity index (χ2n) is 4.58. The van der Waals surface area contributed by atoms with E-state index in [9.17, 15) is 4.79 Å². The summed E-state index contributed by atoms with van der Waals surface area (Å²) in [5, 5.41) is 3.09. The number of carbonyl (C=O) groups is 1. The SMILES string of the molecule is CCc1cccc(C)c1NC(=O)C1CCC1. The lowest BCUT2D eigenvalue weighted by Crippen LogP contribution is -2.28. The van der Waals surface area contributed by atoms with Crippen molar-refractivity contribution in [3.63, 3.8) is 0 Å². The first-order valence-corrected chi connectivity index (χ1v) is 6.11. The molecule has 0 aromatic heterocycles. The molecule has 2 heteroatoms. The first kappa shape index (κ1) is 11.2. The molecule has 1 aliphatic carbocycles. The molecule has 0 radical (unpaired) electrons. The van der Waals surface area contributed by atoms with E-state index in [0.717, 1.165) is 30.5 Å². The number of carbonyl (C=O) groups excluding carboxylic acids is 1. The first-order valence-electron chi connectivity index (χ1n) is 6.11. The van der Waals surface area contributed by atoms with Crippen LogP contribution in [0.2, 0.25) is 0 Å². The normalized spacial score (nSPS) is 15.6. The topological polar surface area (TPSA) is 29.1 Å². The lowest BCUT2D eigenvalue weighted by atomic mass is 9.84. The average Bonchev–Trinajstić information content (AvgIpc) is 2.18. The van der Waals surface area contributed by atoms with Gasteiger partial charge in [0.25, 0.3) is 0 Å². The van der Waals surface area contributed by atoms with Crippen molar-refractivity contribution in [1.82, 2.24) is 0 Å². The van der Waals surface area contributed by atoms with Gasteiger partial charge >= 0.3 is 0 Å². The Morgan fingerprint density at radius 1 is 1.44 bits per heavy atom. The fraction of sp³-hybridized carbons (Fsp3) is 0.500. The minimum absolute atomic E-state index is 0.204. The molecular weight excluding hydrogens is 198 g/mol. The van der Waals surface area contributed by atoms with E-state index in [0.29, 0.717) is 0 Å². The number of benzene rings is 1. The van der Waals surface area contributed by atoms with Gasteiger partial charge < -0.3 is 5.32 Å². The molecule has 16 heavy (non-hydrogen) atoms. The Kier molecular flexibility index (Phi) is 3.28. The van der Waals surface area contributed by atoms with E-state index < -0.39 is 0 Å². The van der Waals surface area contributed by atoms with Crippen molar-refractivity contribution in [2.75, 3.05) is 5.32 Å². The van der Waals surface area contributed by atoms with E-state index in [-0.39, 0.29) is 11.8 Å². The van der Waals surface area contributed by atoms with Crippen molar-refractivity contribution in [3.8, 4) is 0 Å². The maximum absolute atomic E-state index is 11.9. The van der Waals surface area contributed by atoms with Gasteiger partial charge in [0.2, 0.25) is 5.91 Å². The number of rotatable bonds is 3. The van der Waals surface area contributed by atoms with Gasteiger partial charge in [-0.1, -0.05) is 31.5 Å². The molecule has 0 heterocycles. The van der Waals surface area contributed by atoms with E-state index in [1.54, 1.807) is 0 Å². The van der Waals surface area contributed by atoms with Crippen LogP contribution in [-0.2, 0) is 11.2 Å². The molecule has 1 saturated carbocycles. The third-order valence-corrected chi connectivity index (χ3v) is 3.46. The molecular formula is C14H19NO. The standard InChI is InChI=1S/C14H19NO/c1-3-11-7-4-6-10(2)13(11)15-14(16)12-8-5-9-12/h4,6-7,12H,3,5,8-9H2,1-2H3,(H,15,16). The summed E-state index contributed by atoms with van der Waals surface area (Å²) in [6, 6.07) is 6.19. The van der Waals surface area contributed by atoms with Crippen molar-refractivity contribution >= 4 is 11.6 Å². The molecule has 1 aromatic carbocycles. The zero-order valence-corrected chi connectivity index (χ0v) is 10.0. The minimum atomic E-state index is 0.204. The number of amides is 1. The summed E-state index contributed by atoms with van der Waals surface area (Å²) in [4.78, 5) is 11.9. The Morgan fingerprint density at radius 3 is 2.75 bits per heavy atom. The van der Waals surface area contributed by atoms with Crippen molar-refractivity contribution in [1.29, 1.82) is 0 Å². The summed E-state index contributed by atoms with van der Waals surface area (Å²) in [5.74, 6) is 0.458. The van der Waals surface area contributed by atoms with Crippen LogP contribution in [0.4, 0.5) is 5.69 Å². The molecule has 1 amide bonds. The van der Waals surface area contributed by atoms with Gasteiger partial charge in [-0.2, -0.15) is 0 Å².